The molecule has 0 amide bonds. The third-order valence-corrected chi connectivity index (χ3v) is 2.97. The maximum atomic E-state index is 10.7. The summed E-state index contributed by atoms with van der Waals surface area (Å²) in [6, 6.07) is 0. The number of fused-ring (bicyclic) bond motifs is 2. The summed E-state index contributed by atoms with van der Waals surface area (Å²) in [5.41, 5.74) is 0.202. The highest BCUT2D eigenvalue weighted by Gasteiger charge is 2.46. The van der Waals surface area contributed by atoms with Crippen molar-refractivity contribution >= 4 is 5.97 Å². The third kappa shape index (κ3) is 0.889. The van der Waals surface area contributed by atoms with Gasteiger partial charge in [-0.25, -0.2) is 0 Å². The molecule has 0 radical (unpaired) electrons. The van der Waals surface area contributed by atoms with E-state index in [4.69, 9.17) is 5.11 Å². The van der Waals surface area contributed by atoms with Gasteiger partial charge in [-0.05, 0) is 24.2 Å². The number of carboxylic acid groups (broad SMARTS) is 1. The normalized spacial score (nSPS) is 46.6. The molecule has 0 aromatic heterocycles. The highest BCUT2D eigenvalue weighted by atomic mass is 16.4. The molecule has 2 aliphatic rings. The van der Waals surface area contributed by atoms with Crippen LogP contribution in [0.1, 0.15) is 19.8 Å². The molecule has 3 atom stereocenters. The number of hydrogen-bond donors (Lipinski definition) is 1. The fourth-order valence-corrected chi connectivity index (χ4v) is 2.38. The number of hydrogen-bond acceptors (Lipinski definition) is 1. The average molecular weight is 152 g/mol. The Hall–Kier alpha value is -0.790. The molecule has 1 saturated carbocycles. The van der Waals surface area contributed by atoms with Gasteiger partial charge in [-0.15, -0.1) is 0 Å². The summed E-state index contributed by atoms with van der Waals surface area (Å²) < 4.78 is 0. The Kier molecular flexibility index (Phi) is 1.17. The smallest absolute Gasteiger partial charge is 0.307 e. The minimum atomic E-state index is -0.622. The topological polar surface area (TPSA) is 37.3 Å². The van der Waals surface area contributed by atoms with Crippen molar-refractivity contribution in [1.82, 2.24) is 0 Å². The van der Waals surface area contributed by atoms with Crippen molar-refractivity contribution in [3.63, 3.8) is 0 Å². The number of rotatable bonds is 1. The molecule has 2 heteroatoms. The quantitative estimate of drug-likeness (QED) is 0.580. The van der Waals surface area contributed by atoms with Gasteiger partial charge < -0.3 is 5.11 Å². The molecular weight excluding hydrogens is 140 g/mol. The zero-order valence-corrected chi connectivity index (χ0v) is 6.58. The summed E-state index contributed by atoms with van der Waals surface area (Å²) in [4.78, 5) is 10.7. The molecule has 2 rings (SSSR count). The SMILES string of the molecule is C[C@]12C=C[C@H](C1)[C@@H](C(=O)O)C2. The van der Waals surface area contributed by atoms with Gasteiger partial charge in [0.1, 0.15) is 0 Å². The fraction of sp³-hybridized carbons (Fsp3) is 0.667. The number of carboxylic acids is 1. The van der Waals surface area contributed by atoms with Crippen LogP contribution in [0, 0.1) is 17.3 Å². The van der Waals surface area contributed by atoms with Crippen molar-refractivity contribution < 1.29 is 9.90 Å². The largest absolute Gasteiger partial charge is 0.481 e. The lowest BCUT2D eigenvalue weighted by molar-refractivity contribution is -0.142. The number of aliphatic carboxylic acids is 1. The second kappa shape index (κ2) is 1.87. The summed E-state index contributed by atoms with van der Waals surface area (Å²) in [6.45, 7) is 2.15. The van der Waals surface area contributed by atoms with Gasteiger partial charge in [0.15, 0.2) is 0 Å². The van der Waals surface area contributed by atoms with E-state index in [1.165, 1.54) is 0 Å². The lowest BCUT2D eigenvalue weighted by Crippen LogP contribution is -2.19. The molecule has 11 heavy (non-hydrogen) atoms. The van der Waals surface area contributed by atoms with Crippen molar-refractivity contribution in [2.45, 2.75) is 19.8 Å². The van der Waals surface area contributed by atoms with Gasteiger partial charge in [0.05, 0.1) is 5.92 Å². The summed E-state index contributed by atoms with van der Waals surface area (Å²) in [5, 5.41) is 8.82. The van der Waals surface area contributed by atoms with Crippen LogP contribution in [0.25, 0.3) is 0 Å². The number of carbonyl (C=O) groups is 1. The Morgan fingerprint density at radius 3 is 2.64 bits per heavy atom. The van der Waals surface area contributed by atoms with Crippen LogP contribution in [0.2, 0.25) is 0 Å². The molecule has 0 aliphatic heterocycles. The van der Waals surface area contributed by atoms with Crippen molar-refractivity contribution in [3.8, 4) is 0 Å². The van der Waals surface area contributed by atoms with E-state index in [9.17, 15) is 4.79 Å². The van der Waals surface area contributed by atoms with E-state index < -0.39 is 5.97 Å². The Labute approximate surface area is 65.9 Å². The van der Waals surface area contributed by atoms with Gasteiger partial charge >= 0.3 is 5.97 Å². The predicted molar refractivity (Wildman–Crippen MR) is 41.1 cm³/mol. The molecule has 0 heterocycles. The highest BCUT2D eigenvalue weighted by Crippen LogP contribution is 2.52. The van der Waals surface area contributed by atoms with Gasteiger partial charge in [-0.3, -0.25) is 4.79 Å². The first-order valence-electron chi connectivity index (χ1n) is 4.03. The van der Waals surface area contributed by atoms with Crippen molar-refractivity contribution in [2.75, 3.05) is 0 Å². The zero-order valence-electron chi connectivity index (χ0n) is 6.58. The van der Waals surface area contributed by atoms with Crippen molar-refractivity contribution in [2.24, 2.45) is 17.3 Å². The summed E-state index contributed by atoms with van der Waals surface area (Å²) >= 11 is 0. The highest BCUT2D eigenvalue weighted by molar-refractivity contribution is 5.72. The minimum absolute atomic E-state index is 0.106. The summed E-state index contributed by atoms with van der Waals surface area (Å²) in [6.07, 6.45) is 6.13. The molecule has 0 aromatic carbocycles. The molecule has 0 unspecified atom stereocenters. The Morgan fingerprint density at radius 2 is 2.36 bits per heavy atom. The van der Waals surface area contributed by atoms with Crippen LogP contribution in [0.5, 0.6) is 0 Å². The van der Waals surface area contributed by atoms with E-state index in [-0.39, 0.29) is 11.3 Å². The van der Waals surface area contributed by atoms with Gasteiger partial charge in [0.2, 0.25) is 0 Å². The Balaban J connectivity index is 2.23. The Morgan fingerprint density at radius 1 is 1.64 bits per heavy atom. The van der Waals surface area contributed by atoms with Crippen LogP contribution in [-0.2, 0) is 4.79 Å². The Bertz CT molecular complexity index is 232. The van der Waals surface area contributed by atoms with E-state index >= 15 is 0 Å². The zero-order chi connectivity index (χ0) is 8.06. The lowest BCUT2D eigenvalue weighted by Gasteiger charge is -2.18. The lowest BCUT2D eigenvalue weighted by atomic mass is 9.86. The van der Waals surface area contributed by atoms with Crippen LogP contribution in [-0.4, -0.2) is 11.1 Å². The first-order valence-corrected chi connectivity index (χ1v) is 4.03. The molecular formula is C9H12O2. The van der Waals surface area contributed by atoms with E-state index in [2.05, 4.69) is 19.1 Å². The fourth-order valence-electron chi connectivity index (χ4n) is 2.38. The van der Waals surface area contributed by atoms with E-state index in [0.29, 0.717) is 5.92 Å². The molecule has 1 N–H and O–H groups in total. The van der Waals surface area contributed by atoms with Gasteiger partial charge in [-0.1, -0.05) is 19.1 Å². The molecule has 0 aromatic rings. The first kappa shape index (κ1) is 6.89. The molecule has 2 nitrogen and oxygen atoms in total. The van der Waals surface area contributed by atoms with Crippen LogP contribution in [0.15, 0.2) is 12.2 Å². The summed E-state index contributed by atoms with van der Waals surface area (Å²) in [7, 11) is 0. The third-order valence-electron chi connectivity index (χ3n) is 2.97. The monoisotopic (exact) mass is 152 g/mol. The van der Waals surface area contributed by atoms with Crippen LogP contribution >= 0.6 is 0 Å². The molecule has 2 aliphatic carbocycles. The number of allylic oxidation sites excluding steroid dienone is 2. The predicted octanol–water partition coefficient (Wildman–Crippen LogP) is 1.67. The maximum Gasteiger partial charge on any atom is 0.307 e. The molecule has 60 valence electrons. The van der Waals surface area contributed by atoms with Crippen LogP contribution < -0.4 is 0 Å². The summed E-state index contributed by atoms with van der Waals surface area (Å²) in [5.74, 6) is -0.412. The molecule has 2 bridgehead atoms. The molecule has 0 spiro atoms. The van der Waals surface area contributed by atoms with E-state index in [1.807, 2.05) is 0 Å². The van der Waals surface area contributed by atoms with Crippen molar-refractivity contribution in [3.05, 3.63) is 12.2 Å². The second-order valence-electron chi connectivity index (χ2n) is 4.03. The van der Waals surface area contributed by atoms with Crippen LogP contribution in [0.3, 0.4) is 0 Å². The van der Waals surface area contributed by atoms with Crippen molar-refractivity contribution in [1.29, 1.82) is 0 Å². The van der Waals surface area contributed by atoms with E-state index in [1.54, 1.807) is 0 Å². The first-order chi connectivity index (χ1) is 5.11. The molecule has 0 saturated heterocycles. The van der Waals surface area contributed by atoms with Gasteiger partial charge in [-0.2, -0.15) is 0 Å². The molecule has 1 fully saturated rings. The standard InChI is InChI=1S/C9H12O2/c1-9-3-2-6(4-9)7(5-9)8(10)11/h2-3,6-7H,4-5H2,1H3,(H,10,11)/t6-,7+,9+/m1/s1. The minimum Gasteiger partial charge on any atom is -0.481 e. The van der Waals surface area contributed by atoms with E-state index in [0.717, 1.165) is 12.8 Å². The van der Waals surface area contributed by atoms with Gasteiger partial charge in [0.25, 0.3) is 0 Å². The second-order valence-corrected chi connectivity index (χ2v) is 4.03. The van der Waals surface area contributed by atoms with Crippen LogP contribution in [0.4, 0.5) is 0 Å². The van der Waals surface area contributed by atoms with Gasteiger partial charge in [0, 0.05) is 0 Å². The average Bonchev–Trinajstić information content (AvgIpc) is 2.41. The maximum absolute atomic E-state index is 10.7.